The zero-order valence-corrected chi connectivity index (χ0v) is 14.9. The van der Waals surface area contributed by atoms with Gasteiger partial charge in [-0.3, -0.25) is 9.59 Å². The fourth-order valence-electron chi connectivity index (χ4n) is 3.09. The predicted octanol–water partition coefficient (Wildman–Crippen LogP) is 1.64. The second kappa shape index (κ2) is 7.51. The van der Waals surface area contributed by atoms with Crippen LogP contribution < -0.4 is 10.7 Å². The van der Waals surface area contributed by atoms with Gasteiger partial charge in [0.05, 0.1) is 0 Å². The minimum atomic E-state index is -0.768. The molecule has 0 unspecified atom stereocenters. The van der Waals surface area contributed by atoms with Crippen LogP contribution in [0.5, 0.6) is 0 Å². The number of carbonyl (C=O) groups excluding carboxylic acids is 2. The third-order valence-electron chi connectivity index (χ3n) is 4.45. The SMILES string of the molecule is O=C(Cn1nc(-c2ccccc2)oc1=O)OCC(=O)N1CCc2ccccc21. The maximum atomic E-state index is 12.4. The van der Waals surface area contributed by atoms with E-state index in [4.69, 9.17) is 9.15 Å². The van der Waals surface area contributed by atoms with Crippen molar-refractivity contribution in [2.75, 3.05) is 18.1 Å². The Hall–Kier alpha value is -3.68. The second-order valence-electron chi connectivity index (χ2n) is 6.28. The molecule has 0 atom stereocenters. The number of rotatable bonds is 5. The Morgan fingerprint density at radius 1 is 1.07 bits per heavy atom. The topological polar surface area (TPSA) is 94.6 Å². The molecule has 3 aromatic rings. The molecule has 0 spiro atoms. The van der Waals surface area contributed by atoms with Crippen LogP contribution in [0.15, 0.2) is 63.8 Å². The fraction of sp³-hybridized carbons (Fsp3) is 0.200. The number of carbonyl (C=O) groups is 2. The van der Waals surface area contributed by atoms with Crippen molar-refractivity contribution >= 4 is 17.6 Å². The molecule has 1 aliphatic heterocycles. The van der Waals surface area contributed by atoms with Gasteiger partial charge in [-0.25, -0.2) is 4.79 Å². The van der Waals surface area contributed by atoms with Crippen LogP contribution in [0.1, 0.15) is 5.56 Å². The first-order chi connectivity index (χ1) is 13.6. The van der Waals surface area contributed by atoms with Crippen molar-refractivity contribution in [2.24, 2.45) is 0 Å². The summed E-state index contributed by atoms with van der Waals surface area (Å²) in [6.07, 6.45) is 0.770. The molecular formula is C20H17N3O5. The summed E-state index contributed by atoms with van der Waals surface area (Å²) < 4.78 is 11.0. The molecule has 2 aromatic carbocycles. The Labute approximate surface area is 159 Å². The highest BCUT2D eigenvalue weighted by atomic mass is 16.5. The van der Waals surface area contributed by atoms with Crippen LogP contribution in [-0.4, -0.2) is 34.8 Å². The molecule has 1 amide bonds. The van der Waals surface area contributed by atoms with Gasteiger partial charge in [-0.15, -0.1) is 5.10 Å². The molecule has 8 nitrogen and oxygen atoms in total. The van der Waals surface area contributed by atoms with Crippen molar-refractivity contribution in [1.82, 2.24) is 9.78 Å². The van der Waals surface area contributed by atoms with E-state index < -0.39 is 24.9 Å². The van der Waals surface area contributed by atoms with Crippen molar-refractivity contribution < 1.29 is 18.7 Å². The van der Waals surface area contributed by atoms with Gasteiger partial charge in [-0.2, -0.15) is 4.68 Å². The van der Waals surface area contributed by atoms with Gasteiger partial charge in [0.2, 0.25) is 5.89 Å². The van der Waals surface area contributed by atoms with Crippen molar-refractivity contribution in [1.29, 1.82) is 0 Å². The van der Waals surface area contributed by atoms with Gasteiger partial charge < -0.3 is 14.1 Å². The van der Waals surface area contributed by atoms with E-state index in [2.05, 4.69) is 5.10 Å². The van der Waals surface area contributed by atoms with Gasteiger partial charge >= 0.3 is 11.7 Å². The quantitative estimate of drug-likeness (QED) is 0.626. The van der Waals surface area contributed by atoms with Crippen molar-refractivity contribution in [2.45, 2.75) is 13.0 Å². The normalized spacial score (nSPS) is 12.6. The predicted molar refractivity (Wildman–Crippen MR) is 99.7 cm³/mol. The number of esters is 1. The van der Waals surface area contributed by atoms with Crippen molar-refractivity contribution in [3.05, 3.63) is 70.7 Å². The largest absolute Gasteiger partial charge is 0.454 e. The first-order valence-electron chi connectivity index (χ1n) is 8.79. The number of para-hydroxylation sites is 1. The third kappa shape index (κ3) is 3.57. The Morgan fingerprint density at radius 3 is 2.64 bits per heavy atom. The molecule has 2 heterocycles. The first-order valence-corrected chi connectivity index (χ1v) is 8.79. The molecule has 0 aliphatic carbocycles. The lowest BCUT2D eigenvalue weighted by Gasteiger charge is -2.17. The summed E-state index contributed by atoms with van der Waals surface area (Å²) in [4.78, 5) is 37.9. The summed E-state index contributed by atoms with van der Waals surface area (Å²) in [5, 5.41) is 4.00. The summed E-state index contributed by atoms with van der Waals surface area (Å²) in [5.41, 5.74) is 2.54. The smallest absolute Gasteiger partial charge is 0.437 e. The van der Waals surface area contributed by atoms with Gasteiger partial charge in [0, 0.05) is 17.8 Å². The number of benzene rings is 2. The number of hydrogen-bond acceptors (Lipinski definition) is 6. The Morgan fingerprint density at radius 2 is 1.82 bits per heavy atom. The molecule has 1 aliphatic rings. The number of ether oxygens (including phenoxy) is 1. The van der Waals surface area contributed by atoms with Crippen LogP contribution in [0.4, 0.5) is 5.69 Å². The average molecular weight is 379 g/mol. The van der Waals surface area contributed by atoms with Crippen LogP contribution in [0.2, 0.25) is 0 Å². The lowest BCUT2D eigenvalue weighted by molar-refractivity contribution is -0.148. The van der Waals surface area contributed by atoms with Gasteiger partial charge in [-0.05, 0) is 30.2 Å². The Balaban J connectivity index is 1.36. The van der Waals surface area contributed by atoms with E-state index >= 15 is 0 Å². The van der Waals surface area contributed by atoms with Crippen LogP contribution in [0.25, 0.3) is 11.5 Å². The monoisotopic (exact) mass is 379 g/mol. The zero-order chi connectivity index (χ0) is 19.5. The summed E-state index contributed by atoms with van der Waals surface area (Å²) in [6, 6.07) is 16.5. The Bertz CT molecular complexity index is 1070. The molecule has 142 valence electrons. The maximum Gasteiger partial charge on any atom is 0.437 e. The number of amides is 1. The number of hydrogen-bond donors (Lipinski definition) is 0. The number of nitrogens with zero attached hydrogens (tertiary/aromatic N) is 3. The highest BCUT2D eigenvalue weighted by Crippen LogP contribution is 2.27. The minimum absolute atomic E-state index is 0.114. The van der Waals surface area contributed by atoms with Crippen molar-refractivity contribution in [3.8, 4) is 11.5 Å². The van der Waals surface area contributed by atoms with E-state index in [9.17, 15) is 14.4 Å². The molecule has 0 N–H and O–H groups in total. The number of aromatic nitrogens is 2. The first kappa shape index (κ1) is 17.7. The molecule has 0 saturated heterocycles. The maximum absolute atomic E-state index is 12.4. The highest BCUT2D eigenvalue weighted by molar-refractivity contribution is 5.97. The number of fused-ring (bicyclic) bond motifs is 1. The van der Waals surface area contributed by atoms with Crippen molar-refractivity contribution in [3.63, 3.8) is 0 Å². The molecule has 1 aromatic heterocycles. The van der Waals surface area contributed by atoms with Gasteiger partial charge in [-0.1, -0.05) is 36.4 Å². The summed E-state index contributed by atoms with van der Waals surface area (Å²) in [6.45, 7) is -0.275. The van der Waals surface area contributed by atoms with Gasteiger partial charge in [0.15, 0.2) is 6.61 Å². The van der Waals surface area contributed by atoms with E-state index in [0.29, 0.717) is 12.1 Å². The molecule has 8 heteroatoms. The summed E-state index contributed by atoms with van der Waals surface area (Å²) in [5.74, 6) is -1.70. The second-order valence-corrected chi connectivity index (χ2v) is 6.28. The summed E-state index contributed by atoms with van der Waals surface area (Å²) in [7, 11) is 0. The van der Waals surface area contributed by atoms with Gasteiger partial charge in [0.25, 0.3) is 5.91 Å². The molecule has 0 fully saturated rings. The van der Waals surface area contributed by atoms with Crippen LogP contribution >= 0.6 is 0 Å². The van der Waals surface area contributed by atoms with Crippen LogP contribution in [0, 0.1) is 0 Å². The van der Waals surface area contributed by atoms with E-state index in [0.717, 1.165) is 22.4 Å². The van der Waals surface area contributed by atoms with E-state index in [1.165, 1.54) is 0 Å². The zero-order valence-electron chi connectivity index (χ0n) is 14.9. The van der Waals surface area contributed by atoms with E-state index in [1.54, 1.807) is 29.2 Å². The minimum Gasteiger partial charge on any atom is -0.454 e. The van der Waals surface area contributed by atoms with Crippen LogP contribution in [-0.2, 0) is 27.3 Å². The lowest BCUT2D eigenvalue weighted by Crippen LogP contribution is -2.34. The molecule has 28 heavy (non-hydrogen) atoms. The number of anilines is 1. The molecule has 4 rings (SSSR count). The molecule has 0 bridgehead atoms. The lowest BCUT2D eigenvalue weighted by atomic mass is 10.2. The molecule has 0 saturated carbocycles. The third-order valence-corrected chi connectivity index (χ3v) is 4.45. The van der Waals surface area contributed by atoms with Gasteiger partial charge in [0.1, 0.15) is 6.54 Å². The van der Waals surface area contributed by atoms with E-state index in [1.807, 2.05) is 30.3 Å². The fourth-order valence-corrected chi connectivity index (χ4v) is 3.09. The average Bonchev–Trinajstić information content (AvgIpc) is 3.31. The van der Waals surface area contributed by atoms with Crippen LogP contribution in [0.3, 0.4) is 0 Å². The molecule has 0 radical (unpaired) electrons. The molecular weight excluding hydrogens is 362 g/mol. The summed E-state index contributed by atoms with van der Waals surface area (Å²) >= 11 is 0. The Kier molecular flexibility index (Phi) is 4.76. The highest BCUT2D eigenvalue weighted by Gasteiger charge is 2.25. The standard InChI is InChI=1S/C20H17N3O5/c24-17(22-11-10-14-6-4-5-9-16(14)22)13-27-18(25)12-23-20(26)28-19(21-23)15-7-2-1-3-8-15/h1-9H,10-13H2. The van der Waals surface area contributed by atoms with E-state index in [-0.39, 0.29) is 11.8 Å².